The highest BCUT2D eigenvalue weighted by Crippen LogP contribution is 2.33. The van der Waals surface area contributed by atoms with Gasteiger partial charge in [0.15, 0.2) is 0 Å². The van der Waals surface area contributed by atoms with Gasteiger partial charge in [-0.1, -0.05) is 17.8 Å². The lowest BCUT2D eigenvalue weighted by Gasteiger charge is -2.40. The Morgan fingerprint density at radius 1 is 1.33 bits per heavy atom. The molecule has 0 aromatic rings. The van der Waals surface area contributed by atoms with E-state index in [1.807, 2.05) is 11.4 Å². The fourth-order valence-electron chi connectivity index (χ4n) is 1.78. The predicted octanol–water partition coefficient (Wildman–Crippen LogP) is 2.97. The molecule has 1 fully saturated rings. The molecule has 12 heavy (non-hydrogen) atoms. The van der Waals surface area contributed by atoms with Crippen LogP contribution in [0.25, 0.3) is 0 Å². The van der Waals surface area contributed by atoms with E-state index >= 15 is 0 Å². The van der Waals surface area contributed by atoms with Gasteiger partial charge in [-0.2, -0.15) is 0 Å². The SMILES string of the molecule is C=C[Si]1(C=C)CCCC(C)(C)O1. The van der Waals surface area contributed by atoms with E-state index in [2.05, 4.69) is 27.0 Å². The van der Waals surface area contributed by atoms with Crippen molar-refractivity contribution in [3.05, 3.63) is 24.6 Å². The summed E-state index contributed by atoms with van der Waals surface area (Å²) in [4.78, 5) is 0. The molecule has 0 unspecified atom stereocenters. The highest BCUT2D eigenvalue weighted by Gasteiger charge is 2.38. The summed E-state index contributed by atoms with van der Waals surface area (Å²) in [7, 11) is -1.74. The first-order valence-electron chi connectivity index (χ1n) is 4.51. The Morgan fingerprint density at radius 3 is 2.25 bits per heavy atom. The molecule has 0 saturated carbocycles. The summed E-state index contributed by atoms with van der Waals surface area (Å²) in [6, 6.07) is 1.16. The minimum absolute atomic E-state index is 0.0346. The molecule has 2 heteroatoms. The van der Waals surface area contributed by atoms with E-state index in [0.29, 0.717) is 0 Å². The van der Waals surface area contributed by atoms with Crippen molar-refractivity contribution in [2.45, 2.75) is 38.3 Å². The van der Waals surface area contributed by atoms with Gasteiger partial charge in [-0.15, -0.1) is 13.2 Å². The molecular weight excluding hydrogens is 164 g/mol. The lowest BCUT2D eigenvalue weighted by molar-refractivity contribution is 0.0764. The minimum Gasteiger partial charge on any atom is -0.404 e. The molecule has 0 spiro atoms. The highest BCUT2D eigenvalue weighted by molar-refractivity contribution is 6.83. The molecule has 1 rings (SSSR count). The molecule has 1 saturated heterocycles. The fraction of sp³-hybridized carbons (Fsp3) is 0.600. The second-order valence-corrected chi connectivity index (χ2v) is 7.51. The summed E-state index contributed by atoms with van der Waals surface area (Å²) >= 11 is 0. The van der Waals surface area contributed by atoms with Gasteiger partial charge in [0.05, 0.1) is 5.60 Å². The first kappa shape index (κ1) is 9.74. The largest absolute Gasteiger partial charge is 0.404 e. The van der Waals surface area contributed by atoms with Crippen molar-refractivity contribution in [1.29, 1.82) is 0 Å². The van der Waals surface area contributed by atoms with E-state index in [0.717, 1.165) is 12.5 Å². The Morgan fingerprint density at radius 2 is 1.92 bits per heavy atom. The third-order valence-electron chi connectivity index (χ3n) is 2.50. The molecule has 0 radical (unpaired) electrons. The average molecular weight is 182 g/mol. The summed E-state index contributed by atoms with van der Waals surface area (Å²) in [5.74, 6) is 0. The second kappa shape index (κ2) is 3.19. The molecular formula is C10H18OSi. The maximum absolute atomic E-state index is 6.06. The Kier molecular flexibility index (Phi) is 2.59. The Bertz CT molecular complexity index is 188. The average Bonchev–Trinajstić information content (AvgIpc) is 2.02. The van der Waals surface area contributed by atoms with Gasteiger partial charge >= 0.3 is 0 Å². The van der Waals surface area contributed by atoms with Gasteiger partial charge in [0.25, 0.3) is 0 Å². The van der Waals surface area contributed by atoms with Crippen LogP contribution in [-0.2, 0) is 4.43 Å². The van der Waals surface area contributed by atoms with Gasteiger partial charge in [-0.25, -0.2) is 0 Å². The van der Waals surface area contributed by atoms with Crippen molar-refractivity contribution < 1.29 is 4.43 Å². The second-order valence-electron chi connectivity index (χ2n) is 4.08. The Balaban J connectivity index is 2.79. The van der Waals surface area contributed by atoms with Gasteiger partial charge in [0.2, 0.25) is 8.32 Å². The van der Waals surface area contributed by atoms with Gasteiger partial charge in [-0.3, -0.25) is 0 Å². The molecule has 1 heterocycles. The molecule has 1 aliphatic heterocycles. The quantitative estimate of drug-likeness (QED) is 0.597. The minimum atomic E-state index is -1.74. The zero-order valence-corrected chi connectivity index (χ0v) is 9.10. The van der Waals surface area contributed by atoms with Crippen LogP contribution in [0.15, 0.2) is 24.6 Å². The summed E-state index contributed by atoms with van der Waals surface area (Å²) in [5, 5.41) is 0. The zero-order chi connectivity index (χ0) is 9.24. The zero-order valence-electron chi connectivity index (χ0n) is 8.10. The molecule has 0 aromatic carbocycles. The van der Waals surface area contributed by atoms with E-state index < -0.39 is 8.32 Å². The fourth-order valence-corrected chi connectivity index (χ4v) is 4.48. The van der Waals surface area contributed by atoms with Crippen LogP contribution in [0, 0.1) is 0 Å². The van der Waals surface area contributed by atoms with Crippen LogP contribution in [0.5, 0.6) is 0 Å². The monoisotopic (exact) mass is 182 g/mol. The summed E-state index contributed by atoms with van der Waals surface area (Å²) < 4.78 is 6.06. The van der Waals surface area contributed by atoms with Crippen LogP contribution in [0.1, 0.15) is 26.7 Å². The van der Waals surface area contributed by atoms with Crippen molar-refractivity contribution in [3.63, 3.8) is 0 Å². The van der Waals surface area contributed by atoms with Crippen molar-refractivity contribution in [1.82, 2.24) is 0 Å². The molecule has 1 aliphatic rings. The lowest BCUT2D eigenvalue weighted by Crippen LogP contribution is -2.46. The van der Waals surface area contributed by atoms with E-state index in [-0.39, 0.29) is 5.60 Å². The van der Waals surface area contributed by atoms with Crippen molar-refractivity contribution in [3.8, 4) is 0 Å². The summed E-state index contributed by atoms with van der Waals surface area (Å²) in [6.07, 6.45) is 2.40. The number of rotatable bonds is 2. The highest BCUT2D eigenvalue weighted by atomic mass is 28.4. The molecule has 0 amide bonds. The van der Waals surface area contributed by atoms with E-state index in [9.17, 15) is 0 Å². The van der Waals surface area contributed by atoms with E-state index in [1.165, 1.54) is 6.42 Å². The summed E-state index contributed by atoms with van der Waals surface area (Å²) in [5.41, 5.74) is 4.04. The topological polar surface area (TPSA) is 9.23 Å². The van der Waals surface area contributed by atoms with Crippen molar-refractivity contribution in [2.24, 2.45) is 0 Å². The Hall–Kier alpha value is -0.343. The number of hydrogen-bond donors (Lipinski definition) is 0. The van der Waals surface area contributed by atoms with E-state index in [4.69, 9.17) is 4.43 Å². The first-order chi connectivity index (χ1) is 5.54. The van der Waals surface area contributed by atoms with Gasteiger partial charge < -0.3 is 4.43 Å². The standard InChI is InChI=1S/C10H18OSi/c1-5-12(6-2)9-7-8-10(3,4)11-12/h5-6H,1-2,7-9H2,3-4H3. The normalized spacial score (nSPS) is 26.2. The van der Waals surface area contributed by atoms with Gasteiger partial charge in [0, 0.05) is 0 Å². The van der Waals surface area contributed by atoms with Crippen LogP contribution < -0.4 is 0 Å². The van der Waals surface area contributed by atoms with Crippen LogP contribution in [0.4, 0.5) is 0 Å². The molecule has 1 nitrogen and oxygen atoms in total. The molecule has 68 valence electrons. The molecule has 0 aliphatic carbocycles. The third kappa shape index (κ3) is 1.87. The van der Waals surface area contributed by atoms with Crippen molar-refractivity contribution >= 4 is 8.32 Å². The smallest absolute Gasteiger partial charge is 0.241 e. The maximum Gasteiger partial charge on any atom is 0.241 e. The maximum atomic E-state index is 6.06. The number of hydrogen-bond acceptors (Lipinski definition) is 1. The van der Waals surface area contributed by atoms with Gasteiger partial charge in [-0.05, 0) is 26.3 Å². The molecule has 0 bridgehead atoms. The lowest BCUT2D eigenvalue weighted by atomic mass is 10.0. The molecule has 0 aromatic heterocycles. The van der Waals surface area contributed by atoms with E-state index in [1.54, 1.807) is 0 Å². The summed E-state index contributed by atoms with van der Waals surface area (Å²) in [6.45, 7) is 12.0. The van der Waals surface area contributed by atoms with Crippen LogP contribution in [0.3, 0.4) is 0 Å². The van der Waals surface area contributed by atoms with Crippen LogP contribution in [0.2, 0.25) is 6.04 Å². The first-order valence-corrected chi connectivity index (χ1v) is 6.78. The van der Waals surface area contributed by atoms with Crippen LogP contribution >= 0.6 is 0 Å². The molecule has 0 N–H and O–H groups in total. The third-order valence-corrected chi connectivity index (χ3v) is 5.95. The predicted molar refractivity (Wildman–Crippen MR) is 55.4 cm³/mol. The van der Waals surface area contributed by atoms with Crippen LogP contribution in [-0.4, -0.2) is 13.9 Å². The molecule has 0 atom stereocenters. The van der Waals surface area contributed by atoms with Crippen molar-refractivity contribution in [2.75, 3.05) is 0 Å². The van der Waals surface area contributed by atoms with Gasteiger partial charge in [0.1, 0.15) is 0 Å². The Labute approximate surface area is 76.3 Å².